The maximum atomic E-state index is 12.9. The highest BCUT2D eigenvalue weighted by Gasteiger charge is 2.33. The second-order valence-electron chi connectivity index (χ2n) is 6.89. The van der Waals surface area contributed by atoms with Crippen LogP contribution in [0.5, 0.6) is 11.5 Å². The normalized spacial score (nSPS) is 17.4. The summed E-state index contributed by atoms with van der Waals surface area (Å²) >= 11 is 0. The van der Waals surface area contributed by atoms with Gasteiger partial charge in [-0.3, -0.25) is 9.69 Å². The Bertz CT molecular complexity index is 889. The van der Waals surface area contributed by atoms with E-state index in [4.69, 9.17) is 14.2 Å². The molecule has 0 radical (unpaired) electrons. The maximum Gasteiger partial charge on any atom is 0.231 e. The molecule has 0 aliphatic carbocycles. The molecule has 0 aromatic heterocycles. The lowest BCUT2D eigenvalue weighted by molar-refractivity contribution is 0.0826. The fourth-order valence-electron chi connectivity index (χ4n) is 3.57. The van der Waals surface area contributed by atoms with E-state index in [1.54, 1.807) is 13.2 Å². The average Bonchev–Trinajstić information content (AvgIpc) is 2.99. The molecular weight excluding hydrogens is 342 g/mol. The zero-order valence-electron chi connectivity index (χ0n) is 15.7. The predicted molar refractivity (Wildman–Crippen MR) is 103 cm³/mol. The summed E-state index contributed by atoms with van der Waals surface area (Å²) in [5.74, 6) is 1.74. The molecule has 0 amide bonds. The van der Waals surface area contributed by atoms with E-state index >= 15 is 0 Å². The van der Waals surface area contributed by atoms with Gasteiger partial charge in [0.1, 0.15) is 18.2 Å². The number of ketones is 1. The van der Waals surface area contributed by atoms with E-state index in [1.807, 2.05) is 43.3 Å². The fourth-order valence-corrected chi connectivity index (χ4v) is 3.57. The Hall–Kier alpha value is -2.63. The topological polar surface area (TPSA) is 48.0 Å². The van der Waals surface area contributed by atoms with E-state index in [0.717, 1.165) is 48.6 Å². The lowest BCUT2D eigenvalue weighted by Gasteiger charge is -2.30. The summed E-state index contributed by atoms with van der Waals surface area (Å²) in [6.07, 6.45) is 2.74. The van der Waals surface area contributed by atoms with Gasteiger partial charge in [0, 0.05) is 37.9 Å². The smallest absolute Gasteiger partial charge is 0.231 e. The number of fused-ring (bicyclic) bond motifs is 2. The molecule has 0 bridgehead atoms. The van der Waals surface area contributed by atoms with Crippen LogP contribution < -0.4 is 9.47 Å². The SMILES string of the molecule is COCCCN1COc2c(cc3c(c2C)O/C(=C\c2ccccc2)C3=O)C1. The van der Waals surface area contributed by atoms with Gasteiger partial charge in [-0.1, -0.05) is 30.3 Å². The van der Waals surface area contributed by atoms with Gasteiger partial charge in [-0.05, 0) is 31.1 Å². The molecule has 27 heavy (non-hydrogen) atoms. The van der Waals surface area contributed by atoms with Crippen molar-refractivity contribution in [1.82, 2.24) is 4.90 Å². The van der Waals surface area contributed by atoms with Crippen LogP contribution >= 0.6 is 0 Å². The zero-order valence-corrected chi connectivity index (χ0v) is 15.7. The molecular formula is C22H23NO4. The van der Waals surface area contributed by atoms with Crippen LogP contribution in [0.3, 0.4) is 0 Å². The second-order valence-corrected chi connectivity index (χ2v) is 6.89. The molecule has 5 nitrogen and oxygen atoms in total. The largest absolute Gasteiger partial charge is 0.477 e. The van der Waals surface area contributed by atoms with Crippen LogP contribution in [0.1, 0.15) is 33.5 Å². The minimum atomic E-state index is -0.0729. The van der Waals surface area contributed by atoms with E-state index in [9.17, 15) is 4.79 Å². The van der Waals surface area contributed by atoms with Crippen LogP contribution in [0.2, 0.25) is 0 Å². The van der Waals surface area contributed by atoms with Gasteiger partial charge >= 0.3 is 0 Å². The van der Waals surface area contributed by atoms with Gasteiger partial charge in [0.2, 0.25) is 5.78 Å². The van der Waals surface area contributed by atoms with Crippen molar-refractivity contribution in [2.45, 2.75) is 19.9 Å². The molecule has 0 atom stereocenters. The number of hydrogen-bond acceptors (Lipinski definition) is 5. The highest BCUT2D eigenvalue weighted by atomic mass is 16.5. The summed E-state index contributed by atoms with van der Waals surface area (Å²) in [5, 5.41) is 0. The molecule has 5 heteroatoms. The number of hydrogen-bond donors (Lipinski definition) is 0. The highest BCUT2D eigenvalue weighted by molar-refractivity contribution is 6.15. The highest BCUT2D eigenvalue weighted by Crippen LogP contribution is 2.43. The number of carbonyl (C=O) groups excluding carboxylic acids is 1. The number of benzene rings is 2. The number of ether oxygens (including phenoxy) is 3. The number of carbonyl (C=O) groups is 1. The molecule has 2 aromatic carbocycles. The molecule has 0 fully saturated rings. The summed E-state index contributed by atoms with van der Waals surface area (Å²) < 4.78 is 17.0. The Balaban J connectivity index is 1.60. The van der Waals surface area contributed by atoms with Crippen LogP contribution in [0.4, 0.5) is 0 Å². The van der Waals surface area contributed by atoms with E-state index < -0.39 is 0 Å². The summed E-state index contributed by atoms with van der Waals surface area (Å²) in [7, 11) is 1.71. The Morgan fingerprint density at radius 1 is 1.22 bits per heavy atom. The lowest BCUT2D eigenvalue weighted by Crippen LogP contribution is -2.33. The van der Waals surface area contributed by atoms with Gasteiger partial charge in [-0.25, -0.2) is 0 Å². The van der Waals surface area contributed by atoms with Gasteiger partial charge in [-0.2, -0.15) is 0 Å². The maximum absolute atomic E-state index is 12.9. The van der Waals surface area contributed by atoms with E-state index in [-0.39, 0.29) is 5.78 Å². The van der Waals surface area contributed by atoms with Crippen molar-refractivity contribution in [2.24, 2.45) is 0 Å². The third kappa shape index (κ3) is 3.48. The van der Waals surface area contributed by atoms with Crippen LogP contribution in [0.15, 0.2) is 42.2 Å². The molecule has 2 heterocycles. The number of methoxy groups -OCH3 is 1. The first-order valence-electron chi connectivity index (χ1n) is 9.17. The van der Waals surface area contributed by atoms with Crippen LogP contribution in [0.25, 0.3) is 6.08 Å². The van der Waals surface area contributed by atoms with Crippen molar-refractivity contribution in [2.75, 3.05) is 27.0 Å². The molecule has 0 saturated heterocycles. The van der Waals surface area contributed by atoms with Gasteiger partial charge in [0.25, 0.3) is 0 Å². The van der Waals surface area contributed by atoms with Crippen LogP contribution in [-0.2, 0) is 11.3 Å². The van der Waals surface area contributed by atoms with E-state index in [1.165, 1.54) is 0 Å². The third-order valence-corrected chi connectivity index (χ3v) is 4.92. The number of Topliss-reactive ketones (excluding diaryl/α,β-unsaturated/α-hetero) is 1. The lowest BCUT2D eigenvalue weighted by atomic mass is 10.00. The average molecular weight is 365 g/mol. The van der Waals surface area contributed by atoms with Crippen molar-refractivity contribution in [3.63, 3.8) is 0 Å². The molecule has 2 aromatic rings. The first-order valence-corrected chi connectivity index (χ1v) is 9.17. The van der Waals surface area contributed by atoms with Gasteiger partial charge in [-0.15, -0.1) is 0 Å². The van der Waals surface area contributed by atoms with Crippen molar-refractivity contribution in [3.8, 4) is 11.5 Å². The first kappa shape index (κ1) is 17.8. The summed E-state index contributed by atoms with van der Waals surface area (Å²) in [6, 6.07) is 11.7. The first-order chi connectivity index (χ1) is 13.2. The van der Waals surface area contributed by atoms with Crippen molar-refractivity contribution < 1.29 is 19.0 Å². The van der Waals surface area contributed by atoms with Crippen LogP contribution in [-0.4, -0.2) is 37.7 Å². The quantitative estimate of drug-likeness (QED) is 0.596. The van der Waals surface area contributed by atoms with Gasteiger partial charge in [0.05, 0.1) is 5.56 Å². The monoisotopic (exact) mass is 365 g/mol. The number of nitrogens with zero attached hydrogens (tertiary/aromatic N) is 1. The summed E-state index contributed by atoms with van der Waals surface area (Å²) in [6.45, 7) is 4.88. The zero-order chi connectivity index (χ0) is 18.8. The predicted octanol–water partition coefficient (Wildman–Crippen LogP) is 3.80. The number of rotatable bonds is 5. The minimum absolute atomic E-state index is 0.0729. The molecule has 4 rings (SSSR count). The molecule has 140 valence electrons. The number of allylic oxidation sites excluding steroid dienone is 1. The Morgan fingerprint density at radius 2 is 2.04 bits per heavy atom. The molecule has 0 saturated carbocycles. The van der Waals surface area contributed by atoms with Crippen molar-refractivity contribution in [3.05, 3.63) is 64.4 Å². The van der Waals surface area contributed by atoms with Gasteiger partial charge in [0.15, 0.2) is 5.76 Å². The fraction of sp³-hybridized carbons (Fsp3) is 0.318. The van der Waals surface area contributed by atoms with E-state index in [2.05, 4.69) is 4.90 Å². The van der Waals surface area contributed by atoms with E-state index in [0.29, 0.717) is 23.8 Å². The Morgan fingerprint density at radius 3 is 2.81 bits per heavy atom. The van der Waals surface area contributed by atoms with Crippen molar-refractivity contribution >= 4 is 11.9 Å². The van der Waals surface area contributed by atoms with Gasteiger partial charge < -0.3 is 14.2 Å². The Labute approximate surface area is 159 Å². The Kier molecular flexibility index (Phi) is 4.97. The molecule has 0 spiro atoms. The molecule has 0 unspecified atom stereocenters. The molecule has 0 N–H and O–H groups in total. The summed E-state index contributed by atoms with van der Waals surface area (Å²) in [4.78, 5) is 15.1. The second kappa shape index (κ2) is 7.55. The summed E-state index contributed by atoms with van der Waals surface area (Å²) in [5.41, 5.74) is 3.49. The molecule has 2 aliphatic rings. The standard InChI is InChI=1S/C22H23NO4/c1-15-21-17(13-23(14-26-21)9-6-10-25-2)12-18-20(24)19(27-22(15)18)11-16-7-4-3-5-8-16/h3-5,7-8,11-12H,6,9-10,13-14H2,1-2H3/b19-11-. The molecule has 2 aliphatic heterocycles. The minimum Gasteiger partial charge on any atom is -0.477 e. The third-order valence-electron chi connectivity index (χ3n) is 4.92. The van der Waals surface area contributed by atoms with Crippen molar-refractivity contribution in [1.29, 1.82) is 0 Å². The van der Waals surface area contributed by atoms with Crippen LogP contribution in [0, 0.1) is 6.92 Å².